The van der Waals surface area contributed by atoms with Gasteiger partial charge >= 0.3 is 0 Å². The van der Waals surface area contributed by atoms with Crippen molar-refractivity contribution in [2.24, 2.45) is 0 Å². The summed E-state index contributed by atoms with van der Waals surface area (Å²) in [6, 6.07) is 14.6. The van der Waals surface area contributed by atoms with Crippen molar-refractivity contribution in [1.29, 1.82) is 10.5 Å². The van der Waals surface area contributed by atoms with Crippen molar-refractivity contribution in [2.45, 2.75) is 9.92 Å². The highest BCUT2D eigenvalue weighted by Crippen LogP contribution is 2.41. The zero-order chi connectivity index (χ0) is 17.1. The number of pyridine rings is 1. The topological polar surface area (TPSA) is 107 Å². The number of phenolic OH excluding ortho intramolecular Hbond substituents is 1. The minimum atomic E-state index is 0.0674. The SMILES string of the molecule is N#Cc1c(N)nc(Sc2ccccc2O)c(C#N)c1-c1cccs1. The Bertz CT molecular complexity index is 985. The minimum Gasteiger partial charge on any atom is -0.507 e. The largest absolute Gasteiger partial charge is 0.507 e. The number of nitrogen functional groups attached to an aromatic ring is 1. The molecule has 0 aliphatic rings. The van der Waals surface area contributed by atoms with E-state index in [4.69, 9.17) is 5.73 Å². The van der Waals surface area contributed by atoms with Crippen LogP contribution in [0.15, 0.2) is 51.7 Å². The predicted molar refractivity (Wildman–Crippen MR) is 93.6 cm³/mol. The number of hydrogen-bond acceptors (Lipinski definition) is 7. The predicted octanol–water partition coefficient (Wildman–Crippen LogP) is 3.99. The number of hydrogen-bond donors (Lipinski definition) is 2. The number of rotatable bonds is 3. The first kappa shape index (κ1) is 15.9. The summed E-state index contributed by atoms with van der Waals surface area (Å²) >= 11 is 2.56. The minimum absolute atomic E-state index is 0.0674. The van der Waals surface area contributed by atoms with E-state index in [1.807, 2.05) is 23.6 Å². The molecule has 0 aliphatic carbocycles. The van der Waals surface area contributed by atoms with E-state index in [1.54, 1.807) is 24.3 Å². The van der Waals surface area contributed by atoms with Crippen LogP contribution in [0, 0.1) is 22.7 Å². The number of phenols is 1. The van der Waals surface area contributed by atoms with Gasteiger partial charge in [-0.05, 0) is 23.6 Å². The summed E-state index contributed by atoms with van der Waals surface area (Å²) in [5.74, 6) is 0.159. The number of benzene rings is 1. The maximum Gasteiger partial charge on any atom is 0.143 e. The molecule has 3 aromatic rings. The maximum atomic E-state index is 9.95. The Morgan fingerprint density at radius 1 is 1.08 bits per heavy atom. The molecule has 0 spiro atoms. The number of nitriles is 2. The zero-order valence-corrected chi connectivity index (χ0v) is 13.9. The van der Waals surface area contributed by atoms with Crippen molar-refractivity contribution >= 4 is 28.9 Å². The molecule has 5 nitrogen and oxygen atoms in total. The van der Waals surface area contributed by atoms with Crippen LogP contribution >= 0.6 is 23.1 Å². The van der Waals surface area contributed by atoms with Gasteiger partial charge in [-0.15, -0.1) is 11.3 Å². The Morgan fingerprint density at radius 2 is 1.83 bits per heavy atom. The van der Waals surface area contributed by atoms with Crippen LogP contribution in [-0.4, -0.2) is 10.1 Å². The van der Waals surface area contributed by atoms with Crippen molar-refractivity contribution in [1.82, 2.24) is 4.98 Å². The van der Waals surface area contributed by atoms with Gasteiger partial charge in [-0.3, -0.25) is 0 Å². The molecule has 3 N–H and O–H groups in total. The number of aromatic hydroxyl groups is 1. The molecular formula is C17H10N4OS2. The van der Waals surface area contributed by atoms with Crippen LogP contribution in [0.2, 0.25) is 0 Å². The molecule has 0 bridgehead atoms. The summed E-state index contributed by atoms with van der Waals surface area (Å²) in [7, 11) is 0. The van der Waals surface area contributed by atoms with Crippen LogP contribution in [0.1, 0.15) is 11.1 Å². The van der Waals surface area contributed by atoms with E-state index in [2.05, 4.69) is 11.1 Å². The highest BCUT2D eigenvalue weighted by atomic mass is 32.2. The first-order valence-corrected chi connectivity index (χ1v) is 8.48. The fourth-order valence-corrected chi connectivity index (χ4v) is 3.89. The van der Waals surface area contributed by atoms with Crippen LogP contribution in [0.5, 0.6) is 5.75 Å². The van der Waals surface area contributed by atoms with Gasteiger partial charge in [0.25, 0.3) is 0 Å². The standard InChI is InChI=1S/C17H10N4OS2/c18-8-10-15(14-6-3-7-23-14)11(9-19)17(21-16(10)20)24-13-5-2-1-4-12(13)22/h1-7,22H,(H2,20,21). The lowest BCUT2D eigenvalue weighted by atomic mass is 10.0. The normalized spacial score (nSPS) is 10.1. The van der Waals surface area contributed by atoms with E-state index in [1.165, 1.54) is 11.3 Å². The van der Waals surface area contributed by atoms with Gasteiger partial charge < -0.3 is 10.8 Å². The quantitative estimate of drug-likeness (QED) is 0.739. The number of aromatic nitrogens is 1. The lowest BCUT2D eigenvalue weighted by Gasteiger charge is -2.12. The first-order valence-electron chi connectivity index (χ1n) is 6.79. The number of nitrogens with two attached hydrogens (primary N) is 1. The Kier molecular flexibility index (Phi) is 4.39. The van der Waals surface area contributed by atoms with Crippen LogP contribution in [0.25, 0.3) is 10.4 Å². The lowest BCUT2D eigenvalue weighted by Crippen LogP contribution is -2.02. The summed E-state index contributed by atoms with van der Waals surface area (Å²) in [6.45, 7) is 0. The second-order valence-electron chi connectivity index (χ2n) is 4.70. The molecule has 0 aliphatic heterocycles. The zero-order valence-electron chi connectivity index (χ0n) is 12.2. The lowest BCUT2D eigenvalue weighted by molar-refractivity contribution is 0.462. The van der Waals surface area contributed by atoms with Gasteiger partial charge in [0, 0.05) is 10.4 Å². The fraction of sp³-hybridized carbons (Fsp3) is 0. The van der Waals surface area contributed by atoms with E-state index in [0.717, 1.165) is 16.6 Å². The van der Waals surface area contributed by atoms with Crippen LogP contribution < -0.4 is 5.73 Å². The molecule has 0 fully saturated rings. The van der Waals surface area contributed by atoms with E-state index >= 15 is 0 Å². The molecule has 7 heteroatoms. The van der Waals surface area contributed by atoms with Crippen molar-refractivity contribution in [3.8, 4) is 28.3 Å². The van der Waals surface area contributed by atoms with Gasteiger partial charge in [0.15, 0.2) is 0 Å². The second kappa shape index (κ2) is 6.63. The summed E-state index contributed by atoms with van der Waals surface area (Å²) in [6.07, 6.45) is 0. The summed E-state index contributed by atoms with van der Waals surface area (Å²) in [5, 5.41) is 31.2. The molecule has 0 amide bonds. The highest BCUT2D eigenvalue weighted by Gasteiger charge is 2.21. The van der Waals surface area contributed by atoms with E-state index in [9.17, 15) is 15.6 Å². The summed E-state index contributed by atoms with van der Waals surface area (Å²) < 4.78 is 0. The first-order chi connectivity index (χ1) is 11.7. The Balaban J connectivity index is 2.24. The van der Waals surface area contributed by atoms with Gasteiger partial charge in [0.05, 0.1) is 10.5 Å². The fourth-order valence-electron chi connectivity index (χ4n) is 2.19. The monoisotopic (exact) mass is 350 g/mol. The number of para-hydroxylation sites is 1. The van der Waals surface area contributed by atoms with Crippen molar-refractivity contribution in [3.63, 3.8) is 0 Å². The second-order valence-corrected chi connectivity index (χ2v) is 6.68. The summed E-state index contributed by atoms with van der Waals surface area (Å²) in [5.41, 5.74) is 6.89. The molecule has 0 saturated carbocycles. The van der Waals surface area contributed by atoms with Crippen molar-refractivity contribution in [3.05, 3.63) is 52.9 Å². The van der Waals surface area contributed by atoms with Gasteiger partial charge in [-0.25, -0.2) is 4.98 Å². The van der Waals surface area contributed by atoms with Gasteiger partial charge in [0.1, 0.15) is 34.3 Å². The van der Waals surface area contributed by atoms with Gasteiger partial charge in [-0.2, -0.15) is 10.5 Å². The molecule has 24 heavy (non-hydrogen) atoms. The van der Waals surface area contributed by atoms with Gasteiger partial charge in [0.2, 0.25) is 0 Å². The highest BCUT2D eigenvalue weighted by molar-refractivity contribution is 7.99. The molecule has 0 radical (unpaired) electrons. The van der Waals surface area contributed by atoms with Crippen LogP contribution in [0.3, 0.4) is 0 Å². The third-order valence-corrected chi connectivity index (χ3v) is 5.20. The smallest absolute Gasteiger partial charge is 0.143 e. The molecule has 0 atom stereocenters. The molecule has 2 heterocycles. The molecule has 0 saturated heterocycles. The molecule has 0 unspecified atom stereocenters. The number of thiophene rings is 1. The molecule has 116 valence electrons. The third-order valence-electron chi connectivity index (χ3n) is 3.26. The number of anilines is 1. The van der Waals surface area contributed by atoms with Crippen molar-refractivity contribution in [2.75, 3.05) is 5.73 Å². The Hall–Kier alpha value is -3.00. The van der Waals surface area contributed by atoms with Crippen LogP contribution in [-0.2, 0) is 0 Å². The molecular weight excluding hydrogens is 340 g/mol. The van der Waals surface area contributed by atoms with Gasteiger partial charge in [-0.1, -0.05) is 30.0 Å². The maximum absolute atomic E-state index is 9.95. The van der Waals surface area contributed by atoms with Crippen molar-refractivity contribution < 1.29 is 5.11 Å². The average Bonchev–Trinajstić information content (AvgIpc) is 3.10. The van der Waals surface area contributed by atoms with E-state index in [0.29, 0.717) is 15.5 Å². The molecule has 3 rings (SSSR count). The van der Waals surface area contributed by atoms with E-state index < -0.39 is 0 Å². The average molecular weight is 350 g/mol. The Labute approximate surface area is 146 Å². The Morgan fingerprint density at radius 3 is 2.46 bits per heavy atom. The number of nitrogens with zero attached hydrogens (tertiary/aromatic N) is 3. The van der Waals surface area contributed by atoms with E-state index in [-0.39, 0.29) is 22.7 Å². The third kappa shape index (κ3) is 2.79. The molecule has 2 aromatic heterocycles. The van der Waals surface area contributed by atoms with Crippen LogP contribution in [0.4, 0.5) is 5.82 Å². The summed E-state index contributed by atoms with van der Waals surface area (Å²) in [4.78, 5) is 5.54. The molecule has 1 aromatic carbocycles.